The molecular formula is C27H29NO3S. The van der Waals surface area contributed by atoms with Crippen molar-refractivity contribution >= 4 is 24.1 Å². The van der Waals surface area contributed by atoms with E-state index in [1.54, 1.807) is 11.8 Å². The van der Waals surface area contributed by atoms with E-state index in [4.69, 9.17) is 4.74 Å². The second kappa shape index (κ2) is 12.1. The molecule has 0 bridgehead atoms. The molecule has 32 heavy (non-hydrogen) atoms. The van der Waals surface area contributed by atoms with Gasteiger partial charge in [-0.05, 0) is 23.1 Å². The number of alkyl carbamates (subject to hydrolysis) is 1. The number of aldehydes is 1. The third-order valence-electron chi connectivity index (χ3n) is 5.22. The fourth-order valence-electron chi connectivity index (χ4n) is 3.60. The number of nitrogens with one attached hydrogen (secondary N) is 1. The van der Waals surface area contributed by atoms with Crippen LogP contribution in [0.5, 0.6) is 0 Å². The lowest BCUT2D eigenvalue weighted by atomic mass is 9.84. The summed E-state index contributed by atoms with van der Waals surface area (Å²) >= 11 is 1.63. The molecule has 1 unspecified atom stereocenters. The Morgan fingerprint density at radius 3 is 1.78 bits per heavy atom. The monoisotopic (exact) mass is 447 g/mol. The Bertz CT molecular complexity index is 867. The smallest absolute Gasteiger partial charge is 0.407 e. The van der Waals surface area contributed by atoms with Crippen LogP contribution in [-0.4, -0.2) is 30.8 Å². The van der Waals surface area contributed by atoms with E-state index in [1.165, 1.54) is 0 Å². The number of thioether (sulfide) groups is 1. The Morgan fingerprint density at radius 2 is 1.38 bits per heavy atom. The van der Waals surface area contributed by atoms with E-state index in [9.17, 15) is 9.59 Å². The minimum absolute atomic E-state index is 0.350. The summed E-state index contributed by atoms with van der Waals surface area (Å²) in [5, 5.41) is 2.70. The largest absolute Gasteiger partial charge is 0.450 e. The first-order valence-electron chi connectivity index (χ1n) is 10.9. The van der Waals surface area contributed by atoms with Crippen LogP contribution in [0.4, 0.5) is 4.79 Å². The summed E-state index contributed by atoms with van der Waals surface area (Å²) in [6, 6.07) is 30.1. The van der Waals surface area contributed by atoms with Gasteiger partial charge in [0.05, 0.1) is 17.4 Å². The SMILES string of the molecule is CCCCOC(=O)NC(C=O)CSC(c1ccccc1)(c1ccccc1)c1ccccc1. The maximum absolute atomic E-state index is 12.1. The second-order valence-corrected chi connectivity index (χ2v) is 8.70. The average molecular weight is 448 g/mol. The Morgan fingerprint density at radius 1 is 0.906 bits per heavy atom. The third-order valence-corrected chi connectivity index (χ3v) is 6.88. The lowest BCUT2D eigenvalue weighted by Crippen LogP contribution is -2.40. The van der Waals surface area contributed by atoms with Crippen molar-refractivity contribution in [2.75, 3.05) is 12.4 Å². The van der Waals surface area contributed by atoms with Gasteiger partial charge in [0.25, 0.3) is 0 Å². The minimum atomic E-state index is -0.662. The number of hydrogen-bond acceptors (Lipinski definition) is 4. The van der Waals surface area contributed by atoms with Crippen LogP contribution in [-0.2, 0) is 14.3 Å². The van der Waals surface area contributed by atoms with Crippen LogP contribution in [0.2, 0.25) is 0 Å². The summed E-state index contributed by atoms with van der Waals surface area (Å²) in [6.07, 6.45) is 1.96. The van der Waals surface area contributed by atoms with Gasteiger partial charge in [-0.2, -0.15) is 0 Å². The standard InChI is InChI=1S/C27H29NO3S/c1-2-3-19-31-26(30)28-25(20-29)21-32-27(22-13-7-4-8-14-22,23-15-9-5-10-16-23)24-17-11-6-12-18-24/h4-18,20,25H,2-3,19,21H2,1H3,(H,28,30). The van der Waals surface area contributed by atoms with Gasteiger partial charge in [-0.15, -0.1) is 11.8 Å². The zero-order valence-electron chi connectivity index (χ0n) is 18.3. The van der Waals surface area contributed by atoms with Crippen LogP contribution in [0.25, 0.3) is 0 Å². The third kappa shape index (κ3) is 5.80. The number of unbranched alkanes of at least 4 members (excludes halogenated alkanes) is 1. The normalized spacial score (nSPS) is 12.0. The first-order chi connectivity index (χ1) is 15.7. The molecule has 1 atom stereocenters. The molecular weight excluding hydrogens is 418 g/mol. The van der Waals surface area contributed by atoms with Crippen LogP contribution in [0, 0.1) is 0 Å². The van der Waals surface area contributed by atoms with E-state index in [1.807, 2.05) is 61.5 Å². The van der Waals surface area contributed by atoms with Gasteiger partial charge in [0.15, 0.2) is 0 Å². The highest BCUT2D eigenvalue weighted by molar-refractivity contribution is 8.00. The Labute approximate surface area is 194 Å². The second-order valence-electron chi connectivity index (χ2n) is 7.47. The molecule has 3 aromatic rings. The highest BCUT2D eigenvalue weighted by Gasteiger charge is 2.37. The molecule has 4 nitrogen and oxygen atoms in total. The summed E-state index contributed by atoms with van der Waals surface area (Å²) in [5.41, 5.74) is 3.33. The van der Waals surface area contributed by atoms with Gasteiger partial charge < -0.3 is 14.8 Å². The summed E-state index contributed by atoms with van der Waals surface area (Å²) < 4.78 is 4.64. The van der Waals surface area contributed by atoms with Crippen molar-refractivity contribution in [1.29, 1.82) is 0 Å². The van der Waals surface area contributed by atoms with Crippen LogP contribution >= 0.6 is 11.8 Å². The molecule has 0 saturated heterocycles. The molecule has 0 spiro atoms. The molecule has 0 aliphatic rings. The van der Waals surface area contributed by atoms with Gasteiger partial charge in [-0.1, -0.05) is 104 Å². The number of ether oxygens (including phenoxy) is 1. The molecule has 3 aromatic carbocycles. The van der Waals surface area contributed by atoms with Crippen molar-refractivity contribution in [2.45, 2.75) is 30.6 Å². The molecule has 0 fully saturated rings. The van der Waals surface area contributed by atoms with Gasteiger partial charge in [0.1, 0.15) is 6.29 Å². The highest BCUT2D eigenvalue weighted by atomic mass is 32.2. The maximum Gasteiger partial charge on any atom is 0.407 e. The molecule has 5 heteroatoms. The van der Waals surface area contributed by atoms with E-state index in [0.717, 1.165) is 35.8 Å². The van der Waals surface area contributed by atoms with E-state index in [0.29, 0.717) is 12.4 Å². The fourth-order valence-corrected chi connectivity index (χ4v) is 5.10. The maximum atomic E-state index is 12.1. The molecule has 166 valence electrons. The fraction of sp³-hybridized carbons (Fsp3) is 0.259. The number of hydrogen-bond donors (Lipinski definition) is 1. The highest BCUT2D eigenvalue weighted by Crippen LogP contribution is 2.48. The van der Waals surface area contributed by atoms with Crippen molar-refractivity contribution in [2.24, 2.45) is 0 Å². The van der Waals surface area contributed by atoms with Gasteiger partial charge >= 0.3 is 6.09 Å². The van der Waals surface area contributed by atoms with Gasteiger partial charge in [-0.25, -0.2) is 4.79 Å². The molecule has 1 amide bonds. The summed E-state index contributed by atoms with van der Waals surface area (Å²) in [4.78, 5) is 23.9. The van der Waals surface area contributed by atoms with Crippen molar-refractivity contribution in [1.82, 2.24) is 5.32 Å². The van der Waals surface area contributed by atoms with E-state index in [2.05, 4.69) is 41.7 Å². The predicted molar refractivity (Wildman–Crippen MR) is 131 cm³/mol. The van der Waals surface area contributed by atoms with Crippen molar-refractivity contribution in [3.8, 4) is 0 Å². The van der Waals surface area contributed by atoms with Crippen molar-refractivity contribution in [3.05, 3.63) is 108 Å². The van der Waals surface area contributed by atoms with Gasteiger partial charge in [0.2, 0.25) is 0 Å². The zero-order valence-corrected chi connectivity index (χ0v) is 19.1. The Kier molecular flexibility index (Phi) is 8.93. The lowest BCUT2D eigenvalue weighted by molar-refractivity contribution is -0.109. The number of carbonyl (C=O) groups excluding carboxylic acids is 2. The predicted octanol–water partition coefficient (Wildman–Crippen LogP) is 5.81. The Hall–Kier alpha value is -3.05. The van der Waals surface area contributed by atoms with Crippen LogP contribution in [0.1, 0.15) is 36.5 Å². The van der Waals surface area contributed by atoms with Crippen LogP contribution in [0.3, 0.4) is 0 Å². The average Bonchev–Trinajstić information content (AvgIpc) is 2.86. The topological polar surface area (TPSA) is 55.4 Å². The molecule has 1 N–H and O–H groups in total. The quantitative estimate of drug-likeness (QED) is 0.229. The molecule has 0 aliphatic heterocycles. The van der Waals surface area contributed by atoms with E-state index >= 15 is 0 Å². The summed E-state index contributed by atoms with van der Waals surface area (Å²) in [6.45, 7) is 2.38. The van der Waals surface area contributed by atoms with Crippen LogP contribution < -0.4 is 5.32 Å². The molecule has 0 saturated carbocycles. The van der Waals surface area contributed by atoms with Gasteiger partial charge in [0, 0.05) is 5.75 Å². The molecule has 0 aromatic heterocycles. The number of amides is 1. The summed E-state index contributed by atoms with van der Waals surface area (Å²) in [7, 11) is 0. The van der Waals surface area contributed by atoms with E-state index in [-0.39, 0.29) is 0 Å². The number of carbonyl (C=O) groups is 2. The van der Waals surface area contributed by atoms with Crippen molar-refractivity contribution in [3.63, 3.8) is 0 Å². The number of benzene rings is 3. The Balaban J connectivity index is 1.94. The van der Waals surface area contributed by atoms with E-state index < -0.39 is 16.9 Å². The molecule has 0 radical (unpaired) electrons. The molecule has 0 heterocycles. The van der Waals surface area contributed by atoms with Crippen LogP contribution in [0.15, 0.2) is 91.0 Å². The lowest BCUT2D eigenvalue weighted by Gasteiger charge is -2.36. The minimum Gasteiger partial charge on any atom is -0.450 e. The number of rotatable bonds is 11. The first-order valence-corrected chi connectivity index (χ1v) is 11.9. The molecule has 3 rings (SSSR count). The zero-order chi connectivity index (χ0) is 22.7. The van der Waals surface area contributed by atoms with Crippen molar-refractivity contribution < 1.29 is 14.3 Å². The summed E-state index contributed by atoms with van der Waals surface area (Å²) in [5.74, 6) is 0.394. The molecule has 0 aliphatic carbocycles. The first kappa shape index (κ1) is 23.6. The van der Waals surface area contributed by atoms with Gasteiger partial charge in [-0.3, -0.25) is 0 Å².